The molecule has 134 valence electrons. The van der Waals surface area contributed by atoms with Crippen LogP contribution in [-0.2, 0) is 17.8 Å². The zero-order valence-electron chi connectivity index (χ0n) is 15.6. The van der Waals surface area contributed by atoms with Crippen LogP contribution in [0.4, 0.5) is 0 Å². The maximum Gasteiger partial charge on any atom is 0.227 e. The van der Waals surface area contributed by atoms with Crippen LogP contribution >= 0.6 is 0 Å². The normalized spacial score (nSPS) is 17.9. The minimum atomic E-state index is -0.306. The van der Waals surface area contributed by atoms with E-state index in [0.29, 0.717) is 5.92 Å². The van der Waals surface area contributed by atoms with Gasteiger partial charge in [-0.2, -0.15) is 5.10 Å². The Hall–Kier alpha value is -2.24. The van der Waals surface area contributed by atoms with Crippen molar-refractivity contribution in [1.29, 1.82) is 0 Å². The van der Waals surface area contributed by atoms with E-state index in [-0.39, 0.29) is 11.3 Å². The molecule has 25 heavy (non-hydrogen) atoms. The highest BCUT2D eigenvalue weighted by Crippen LogP contribution is 2.26. The quantitative estimate of drug-likeness (QED) is 0.858. The Morgan fingerprint density at radius 2 is 2.04 bits per heavy atom. The highest BCUT2D eigenvalue weighted by Gasteiger charge is 2.32. The second-order valence-electron chi connectivity index (χ2n) is 7.84. The highest BCUT2D eigenvalue weighted by atomic mass is 16.2. The van der Waals surface area contributed by atoms with Crippen molar-refractivity contribution in [1.82, 2.24) is 24.6 Å². The Labute approximate surface area is 149 Å². The molecule has 2 aromatic rings. The third-order valence-electron chi connectivity index (χ3n) is 4.67. The molecular weight excluding hydrogens is 314 g/mol. The first-order chi connectivity index (χ1) is 11.9. The molecule has 6 heteroatoms. The fourth-order valence-corrected chi connectivity index (χ4v) is 3.23. The first kappa shape index (κ1) is 17.6. The first-order valence-electron chi connectivity index (χ1n) is 9.00. The van der Waals surface area contributed by atoms with Gasteiger partial charge in [-0.25, -0.2) is 0 Å². The van der Waals surface area contributed by atoms with Crippen LogP contribution in [0.25, 0.3) is 11.3 Å². The molecule has 1 aliphatic rings. The van der Waals surface area contributed by atoms with Gasteiger partial charge in [-0.1, -0.05) is 20.8 Å². The number of hydrogen-bond acceptors (Lipinski definition) is 4. The summed E-state index contributed by atoms with van der Waals surface area (Å²) < 4.78 is 1.88. The third-order valence-corrected chi connectivity index (χ3v) is 4.67. The molecule has 0 unspecified atom stereocenters. The Morgan fingerprint density at radius 1 is 1.24 bits per heavy atom. The van der Waals surface area contributed by atoms with Crippen molar-refractivity contribution in [3.05, 3.63) is 30.5 Å². The summed E-state index contributed by atoms with van der Waals surface area (Å²) in [6, 6.07) is 0. The molecule has 1 amide bonds. The Bertz CT molecular complexity index is 729. The van der Waals surface area contributed by atoms with Crippen LogP contribution in [0.2, 0.25) is 0 Å². The molecule has 0 spiro atoms. The largest absolute Gasteiger partial charge is 0.342 e. The van der Waals surface area contributed by atoms with Gasteiger partial charge in [0, 0.05) is 43.0 Å². The summed E-state index contributed by atoms with van der Waals surface area (Å²) in [6.07, 6.45) is 9.38. The number of amides is 1. The number of carbonyl (C=O) groups excluding carboxylic acids is 1. The minimum absolute atomic E-state index is 0.240. The van der Waals surface area contributed by atoms with E-state index in [9.17, 15) is 4.79 Å². The van der Waals surface area contributed by atoms with Gasteiger partial charge in [0.15, 0.2) is 0 Å². The maximum atomic E-state index is 12.4. The molecule has 3 heterocycles. The summed E-state index contributed by atoms with van der Waals surface area (Å²) in [5.74, 6) is 0.707. The lowest BCUT2D eigenvalue weighted by Gasteiger charge is -2.25. The summed E-state index contributed by atoms with van der Waals surface area (Å²) in [4.78, 5) is 23.5. The van der Waals surface area contributed by atoms with Gasteiger partial charge in [0.25, 0.3) is 0 Å². The number of nitrogens with zero attached hydrogens (tertiary/aromatic N) is 5. The van der Waals surface area contributed by atoms with Crippen LogP contribution in [-0.4, -0.2) is 43.6 Å². The summed E-state index contributed by atoms with van der Waals surface area (Å²) in [5, 5.41) is 4.27. The van der Waals surface area contributed by atoms with Crippen LogP contribution in [0.5, 0.6) is 0 Å². The van der Waals surface area contributed by atoms with Gasteiger partial charge in [0.05, 0.1) is 23.8 Å². The number of likely N-dealkylation sites (tertiary alicyclic amines) is 1. The fraction of sp³-hybridized carbons (Fsp3) is 0.579. The van der Waals surface area contributed by atoms with Crippen LogP contribution in [0.1, 0.15) is 39.8 Å². The third kappa shape index (κ3) is 4.06. The molecule has 0 N–H and O–H groups in total. The van der Waals surface area contributed by atoms with Crippen LogP contribution in [0, 0.1) is 11.3 Å². The van der Waals surface area contributed by atoms with E-state index in [2.05, 4.69) is 22.0 Å². The predicted octanol–water partition coefficient (Wildman–Crippen LogP) is 2.80. The number of rotatable bonds is 4. The predicted molar refractivity (Wildman–Crippen MR) is 96.8 cm³/mol. The summed E-state index contributed by atoms with van der Waals surface area (Å²) in [5.41, 5.74) is 2.52. The molecule has 1 saturated heterocycles. The highest BCUT2D eigenvalue weighted by molar-refractivity contribution is 5.81. The minimum Gasteiger partial charge on any atom is -0.342 e. The topological polar surface area (TPSA) is 63.9 Å². The van der Waals surface area contributed by atoms with Crippen molar-refractivity contribution in [2.75, 3.05) is 13.1 Å². The van der Waals surface area contributed by atoms with Gasteiger partial charge < -0.3 is 4.90 Å². The van der Waals surface area contributed by atoms with Crippen LogP contribution in [0.3, 0.4) is 0 Å². The monoisotopic (exact) mass is 341 g/mol. The smallest absolute Gasteiger partial charge is 0.227 e. The fourth-order valence-electron chi connectivity index (χ4n) is 3.23. The second-order valence-corrected chi connectivity index (χ2v) is 7.84. The van der Waals surface area contributed by atoms with E-state index in [4.69, 9.17) is 0 Å². The lowest BCUT2D eigenvalue weighted by atomic mass is 9.95. The van der Waals surface area contributed by atoms with Gasteiger partial charge in [-0.15, -0.1) is 0 Å². The molecule has 0 bridgehead atoms. The Balaban J connectivity index is 1.60. The molecule has 0 saturated carbocycles. The Morgan fingerprint density at radius 3 is 2.64 bits per heavy atom. The zero-order chi connectivity index (χ0) is 18.0. The van der Waals surface area contributed by atoms with Crippen molar-refractivity contribution in [2.45, 2.75) is 47.1 Å². The van der Waals surface area contributed by atoms with Gasteiger partial charge in [0.2, 0.25) is 5.91 Å². The first-order valence-corrected chi connectivity index (χ1v) is 9.00. The second kappa shape index (κ2) is 6.94. The molecule has 1 fully saturated rings. The Kier molecular flexibility index (Phi) is 4.88. The molecule has 3 rings (SSSR count). The van der Waals surface area contributed by atoms with E-state index in [1.807, 2.05) is 55.1 Å². The standard InChI is InChI=1S/C19H27N5O/c1-5-24-13-15(9-22-24)17-11-20-16(10-21-17)8-14-6-7-23(12-14)18(25)19(2,3)4/h9-11,13-14H,5-8,12H2,1-4H3/t14-/m1/s1. The SMILES string of the molecule is CCn1cc(-c2cnc(C[C@H]3CCN(C(=O)C(C)(C)C)C3)cn2)cn1. The number of carbonyl (C=O) groups is 1. The van der Waals surface area contributed by atoms with Crippen molar-refractivity contribution < 1.29 is 4.79 Å². The molecule has 1 aliphatic heterocycles. The number of hydrogen-bond donors (Lipinski definition) is 0. The van der Waals surface area contributed by atoms with E-state index in [0.717, 1.165) is 49.4 Å². The van der Waals surface area contributed by atoms with Gasteiger partial charge >= 0.3 is 0 Å². The molecule has 6 nitrogen and oxygen atoms in total. The maximum absolute atomic E-state index is 12.4. The van der Waals surface area contributed by atoms with Gasteiger partial charge in [-0.3, -0.25) is 19.4 Å². The molecule has 0 aromatic carbocycles. The molecular formula is C19H27N5O. The molecule has 1 atom stereocenters. The van der Waals surface area contributed by atoms with Crippen LogP contribution < -0.4 is 0 Å². The number of aryl methyl sites for hydroxylation is 1. The molecule has 0 aliphatic carbocycles. The van der Waals surface area contributed by atoms with E-state index < -0.39 is 0 Å². The average molecular weight is 341 g/mol. The zero-order valence-corrected chi connectivity index (χ0v) is 15.6. The molecule has 0 radical (unpaired) electrons. The van der Waals surface area contributed by atoms with Crippen molar-refractivity contribution >= 4 is 5.91 Å². The van der Waals surface area contributed by atoms with Crippen LogP contribution in [0.15, 0.2) is 24.8 Å². The lowest BCUT2D eigenvalue weighted by molar-refractivity contribution is -0.138. The van der Waals surface area contributed by atoms with Crippen molar-refractivity contribution in [3.8, 4) is 11.3 Å². The van der Waals surface area contributed by atoms with Gasteiger partial charge in [0.1, 0.15) is 0 Å². The summed E-state index contributed by atoms with van der Waals surface area (Å²) in [6.45, 7) is 10.5. The van der Waals surface area contributed by atoms with E-state index in [1.165, 1.54) is 0 Å². The van der Waals surface area contributed by atoms with Gasteiger partial charge in [-0.05, 0) is 25.7 Å². The summed E-state index contributed by atoms with van der Waals surface area (Å²) in [7, 11) is 0. The number of aromatic nitrogens is 4. The van der Waals surface area contributed by atoms with E-state index in [1.54, 1.807) is 0 Å². The average Bonchev–Trinajstić information content (AvgIpc) is 3.23. The van der Waals surface area contributed by atoms with Crippen molar-refractivity contribution in [2.24, 2.45) is 11.3 Å². The van der Waals surface area contributed by atoms with E-state index >= 15 is 0 Å². The summed E-state index contributed by atoms with van der Waals surface area (Å²) >= 11 is 0. The van der Waals surface area contributed by atoms with Crippen molar-refractivity contribution in [3.63, 3.8) is 0 Å². The molecule has 2 aromatic heterocycles. The lowest BCUT2D eigenvalue weighted by Crippen LogP contribution is -2.38.